The van der Waals surface area contributed by atoms with Gasteiger partial charge in [0.05, 0.1) is 12.2 Å². The second-order valence-corrected chi connectivity index (χ2v) is 4.51. The summed E-state index contributed by atoms with van der Waals surface area (Å²) in [6, 6.07) is 4.23. The lowest BCUT2D eigenvalue weighted by atomic mass is 10.1. The summed E-state index contributed by atoms with van der Waals surface area (Å²) in [6.07, 6.45) is 6.82. The van der Waals surface area contributed by atoms with Gasteiger partial charge in [0.25, 0.3) is 0 Å². The molecule has 3 rings (SSSR count). The molecule has 6 nitrogen and oxygen atoms in total. The molecular weight excluding hydrogens is 228 g/mol. The molecular formula is C12H16N6. The zero-order valence-corrected chi connectivity index (χ0v) is 10.2. The number of nitrogens with zero attached hydrogens (tertiary/aromatic N) is 5. The first kappa shape index (κ1) is 11.3. The molecule has 0 amide bonds. The van der Waals surface area contributed by atoms with Gasteiger partial charge < -0.3 is 5.32 Å². The standard InChI is InChI=1S/C12H16N6/c1-3-10(5-8-13-6-1)18-12(9-15-17-18)11-4-2-7-14-16-11/h2,4,7,9-10,13H,1,3,5-6,8H2. The van der Waals surface area contributed by atoms with Gasteiger partial charge in [0.15, 0.2) is 0 Å². The van der Waals surface area contributed by atoms with Crippen molar-refractivity contribution in [2.24, 2.45) is 0 Å². The molecule has 0 bridgehead atoms. The first-order valence-corrected chi connectivity index (χ1v) is 6.34. The Kier molecular flexibility index (Phi) is 3.27. The fourth-order valence-electron chi connectivity index (χ4n) is 2.38. The third-order valence-corrected chi connectivity index (χ3v) is 3.30. The molecule has 2 aromatic rings. The summed E-state index contributed by atoms with van der Waals surface area (Å²) in [5, 5.41) is 19.7. The molecule has 1 aliphatic rings. The Morgan fingerprint density at radius 3 is 3.11 bits per heavy atom. The lowest BCUT2D eigenvalue weighted by Gasteiger charge is -2.15. The molecule has 18 heavy (non-hydrogen) atoms. The van der Waals surface area contributed by atoms with E-state index in [1.165, 1.54) is 6.42 Å². The van der Waals surface area contributed by atoms with Crippen LogP contribution >= 0.6 is 0 Å². The van der Waals surface area contributed by atoms with Crippen molar-refractivity contribution in [2.75, 3.05) is 13.1 Å². The van der Waals surface area contributed by atoms with Gasteiger partial charge in [-0.25, -0.2) is 4.68 Å². The highest BCUT2D eigenvalue weighted by Gasteiger charge is 2.19. The van der Waals surface area contributed by atoms with Crippen molar-refractivity contribution in [3.63, 3.8) is 0 Å². The molecule has 1 aliphatic heterocycles. The zero-order valence-electron chi connectivity index (χ0n) is 10.2. The van der Waals surface area contributed by atoms with Crippen LogP contribution in [0.25, 0.3) is 11.4 Å². The van der Waals surface area contributed by atoms with E-state index in [1.807, 2.05) is 16.8 Å². The number of hydrogen-bond acceptors (Lipinski definition) is 5. The zero-order chi connectivity index (χ0) is 12.2. The molecule has 1 N–H and O–H groups in total. The molecule has 0 saturated carbocycles. The normalized spacial score (nSPS) is 20.6. The van der Waals surface area contributed by atoms with Crippen molar-refractivity contribution < 1.29 is 0 Å². The smallest absolute Gasteiger partial charge is 0.113 e. The minimum atomic E-state index is 0.402. The molecule has 94 valence electrons. The highest BCUT2D eigenvalue weighted by atomic mass is 15.4. The average molecular weight is 244 g/mol. The monoisotopic (exact) mass is 244 g/mol. The molecule has 1 saturated heterocycles. The molecule has 0 aliphatic carbocycles. The highest BCUT2D eigenvalue weighted by molar-refractivity contribution is 5.51. The van der Waals surface area contributed by atoms with E-state index < -0.39 is 0 Å². The summed E-state index contributed by atoms with van der Waals surface area (Å²) in [5.41, 5.74) is 1.79. The summed E-state index contributed by atoms with van der Waals surface area (Å²) in [5.74, 6) is 0. The Morgan fingerprint density at radius 1 is 1.22 bits per heavy atom. The Labute approximate surface area is 105 Å². The summed E-state index contributed by atoms with van der Waals surface area (Å²) >= 11 is 0. The maximum Gasteiger partial charge on any atom is 0.113 e. The van der Waals surface area contributed by atoms with Crippen LogP contribution in [0.4, 0.5) is 0 Å². The quantitative estimate of drug-likeness (QED) is 0.855. The number of nitrogens with one attached hydrogen (secondary N) is 1. The van der Waals surface area contributed by atoms with E-state index in [0.717, 1.165) is 37.3 Å². The van der Waals surface area contributed by atoms with E-state index in [0.29, 0.717) is 6.04 Å². The van der Waals surface area contributed by atoms with Gasteiger partial charge in [-0.05, 0) is 44.5 Å². The molecule has 0 aromatic carbocycles. The van der Waals surface area contributed by atoms with Gasteiger partial charge >= 0.3 is 0 Å². The van der Waals surface area contributed by atoms with Crippen molar-refractivity contribution in [3.8, 4) is 11.4 Å². The second-order valence-electron chi connectivity index (χ2n) is 4.51. The summed E-state index contributed by atoms with van der Waals surface area (Å²) in [7, 11) is 0. The Balaban J connectivity index is 1.91. The van der Waals surface area contributed by atoms with E-state index in [4.69, 9.17) is 0 Å². The van der Waals surface area contributed by atoms with Crippen molar-refractivity contribution >= 4 is 0 Å². The maximum absolute atomic E-state index is 4.23. The van der Waals surface area contributed by atoms with Crippen LogP contribution in [-0.2, 0) is 0 Å². The molecule has 1 unspecified atom stereocenters. The second kappa shape index (κ2) is 5.22. The summed E-state index contributed by atoms with van der Waals surface area (Å²) < 4.78 is 2.00. The first-order chi connectivity index (χ1) is 8.95. The number of aromatic nitrogens is 5. The van der Waals surface area contributed by atoms with E-state index in [2.05, 4.69) is 25.8 Å². The van der Waals surface area contributed by atoms with Gasteiger partial charge in [-0.1, -0.05) is 5.21 Å². The molecule has 1 atom stereocenters. The van der Waals surface area contributed by atoms with E-state index in [9.17, 15) is 0 Å². The number of hydrogen-bond donors (Lipinski definition) is 1. The van der Waals surface area contributed by atoms with E-state index >= 15 is 0 Å². The largest absolute Gasteiger partial charge is 0.317 e. The van der Waals surface area contributed by atoms with Gasteiger partial charge in [-0.3, -0.25) is 0 Å². The summed E-state index contributed by atoms with van der Waals surface area (Å²) in [4.78, 5) is 0. The van der Waals surface area contributed by atoms with Crippen LogP contribution in [0.2, 0.25) is 0 Å². The maximum atomic E-state index is 4.23. The van der Waals surface area contributed by atoms with Gasteiger partial charge in [-0.15, -0.1) is 10.2 Å². The number of rotatable bonds is 2. The Morgan fingerprint density at radius 2 is 2.22 bits per heavy atom. The van der Waals surface area contributed by atoms with Gasteiger partial charge in [0.2, 0.25) is 0 Å². The first-order valence-electron chi connectivity index (χ1n) is 6.34. The summed E-state index contributed by atoms with van der Waals surface area (Å²) in [6.45, 7) is 2.12. The van der Waals surface area contributed by atoms with Crippen molar-refractivity contribution in [3.05, 3.63) is 24.5 Å². The van der Waals surface area contributed by atoms with Gasteiger partial charge in [-0.2, -0.15) is 5.10 Å². The molecule has 6 heteroatoms. The van der Waals surface area contributed by atoms with Crippen LogP contribution in [0.1, 0.15) is 25.3 Å². The van der Waals surface area contributed by atoms with Crippen molar-refractivity contribution in [1.82, 2.24) is 30.5 Å². The minimum Gasteiger partial charge on any atom is -0.317 e. The lowest BCUT2D eigenvalue weighted by Crippen LogP contribution is -2.16. The van der Waals surface area contributed by atoms with Crippen LogP contribution in [0.3, 0.4) is 0 Å². The van der Waals surface area contributed by atoms with Crippen LogP contribution in [0.5, 0.6) is 0 Å². The Bertz CT molecular complexity index is 486. The van der Waals surface area contributed by atoms with Crippen LogP contribution in [-0.4, -0.2) is 38.3 Å². The van der Waals surface area contributed by atoms with Crippen LogP contribution in [0.15, 0.2) is 24.5 Å². The van der Waals surface area contributed by atoms with E-state index in [-0.39, 0.29) is 0 Å². The third kappa shape index (κ3) is 2.24. The molecule has 0 radical (unpaired) electrons. The van der Waals surface area contributed by atoms with Gasteiger partial charge in [0, 0.05) is 6.20 Å². The van der Waals surface area contributed by atoms with Crippen molar-refractivity contribution in [1.29, 1.82) is 0 Å². The van der Waals surface area contributed by atoms with Crippen LogP contribution < -0.4 is 5.32 Å². The predicted octanol–water partition coefficient (Wildman–Crippen LogP) is 1.05. The average Bonchev–Trinajstić information content (AvgIpc) is 2.75. The topological polar surface area (TPSA) is 68.5 Å². The fraction of sp³-hybridized carbons (Fsp3) is 0.500. The third-order valence-electron chi connectivity index (χ3n) is 3.30. The SMILES string of the molecule is c1cnnc(-c2cnnn2C2CCCNCC2)c1. The minimum absolute atomic E-state index is 0.402. The lowest BCUT2D eigenvalue weighted by molar-refractivity contribution is 0.408. The van der Waals surface area contributed by atoms with E-state index in [1.54, 1.807) is 12.4 Å². The predicted molar refractivity (Wildman–Crippen MR) is 66.8 cm³/mol. The van der Waals surface area contributed by atoms with Gasteiger partial charge in [0.1, 0.15) is 11.4 Å². The molecule has 0 spiro atoms. The van der Waals surface area contributed by atoms with Crippen LogP contribution in [0, 0.1) is 0 Å². The van der Waals surface area contributed by atoms with Crippen molar-refractivity contribution in [2.45, 2.75) is 25.3 Å². The molecule has 1 fully saturated rings. The highest BCUT2D eigenvalue weighted by Crippen LogP contribution is 2.24. The Hall–Kier alpha value is -1.82. The fourth-order valence-corrected chi connectivity index (χ4v) is 2.38. The molecule has 2 aromatic heterocycles. The molecule has 3 heterocycles.